The molecule has 0 aromatic heterocycles. The molecule has 1 N–H and O–H groups in total. The van der Waals surface area contributed by atoms with Crippen LogP contribution in [0.4, 0.5) is 11.4 Å². The molecule has 1 amide bonds. The van der Waals surface area contributed by atoms with Gasteiger partial charge in [0, 0.05) is 23.8 Å². The normalized spacial score (nSPS) is 16.6. The molecule has 0 spiro atoms. The second kappa shape index (κ2) is 7.97. The number of anilines is 2. The number of hydrogen-bond acceptors (Lipinski definition) is 3. The molecule has 1 heterocycles. The van der Waals surface area contributed by atoms with E-state index in [2.05, 4.69) is 4.72 Å². The van der Waals surface area contributed by atoms with E-state index in [0.717, 1.165) is 71.2 Å². The quantitative estimate of drug-likeness (QED) is 0.718. The van der Waals surface area contributed by atoms with Crippen LogP contribution in [-0.2, 0) is 21.2 Å². The van der Waals surface area contributed by atoms with E-state index < -0.39 is 10.0 Å². The number of nitrogens with zero attached hydrogens (tertiary/aromatic N) is 1. The topological polar surface area (TPSA) is 66.5 Å². The van der Waals surface area contributed by atoms with Crippen LogP contribution in [0.1, 0.15) is 59.1 Å². The van der Waals surface area contributed by atoms with E-state index in [9.17, 15) is 13.2 Å². The Kier molecular flexibility index (Phi) is 5.63. The van der Waals surface area contributed by atoms with E-state index in [1.165, 1.54) is 0 Å². The summed E-state index contributed by atoms with van der Waals surface area (Å²) in [6, 6.07) is 5.54. The molecule has 2 aromatic rings. The van der Waals surface area contributed by atoms with Gasteiger partial charge in [-0.2, -0.15) is 0 Å². The fourth-order valence-electron chi connectivity index (χ4n) is 5.16. The van der Waals surface area contributed by atoms with Crippen molar-refractivity contribution in [1.29, 1.82) is 0 Å². The Morgan fingerprint density at radius 3 is 2.13 bits per heavy atom. The molecule has 6 heteroatoms. The third kappa shape index (κ3) is 3.75. The SMILES string of the molecule is Cc1c(C)c(C)c(S(=O)(=O)Nc2ccc3c(c2)CCN3C(=O)C2CCCC2)c(C)c1C. The van der Waals surface area contributed by atoms with E-state index in [0.29, 0.717) is 17.1 Å². The second-order valence-electron chi connectivity index (χ2n) is 9.12. The Morgan fingerprint density at radius 2 is 1.52 bits per heavy atom. The lowest BCUT2D eigenvalue weighted by molar-refractivity contribution is -0.122. The zero-order chi connectivity index (χ0) is 22.5. The third-order valence-corrected chi connectivity index (χ3v) is 9.05. The summed E-state index contributed by atoms with van der Waals surface area (Å²) < 4.78 is 29.4. The van der Waals surface area contributed by atoms with Crippen LogP contribution in [0.25, 0.3) is 0 Å². The zero-order valence-electron chi connectivity index (χ0n) is 19.1. The highest BCUT2D eigenvalue weighted by molar-refractivity contribution is 7.92. The van der Waals surface area contributed by atoms with E-state index >= 15 is 0 Å². The summed E-state index contributed by atoms with van der Waals surface area (Å²) >= 11 is 0. The van der Waals surface area contributed by atoms with Crippen LogP contribution in [0.2, 0.25) is 0 Å². The Morgan fingerprint density at radius 1 is 0.935 bits per heavy atom. The molecule has 1 fully saturated rings. The summed E-state index contributed by atoms with van der Waals surface area (Å²) in [4.78, 5) is 15.2. The first-order chi connectivity index (χ1) is 14.6. The molecule has 2 aromatic carbocycles. The summed E-state index contributed by atoms with van der Waals surface area (Å²) in [6.07, 6.45) is 4.99. The number of sulfonamides is 1. The predicted molar refractivity (Wildman–Crippen MR) is 125 cm³/mol. The maximum atomic E-state index is 13.3. The van der Waals surface area contributed by atoms with Crippen molar-refractivity contribution in [2.24, 2.45) is 5.92 Å². The molecule has 1 aliphatic heterocycles. The van der Waals surface area contributed by atoms with Gasteiger partial charge in [-0.1, -0.05) is 12.8 Å². The van der Waals surface area contributed by atoms with Gasteiger partial charge in [0.15, 0.2) is 0 Å². The van der Waals surface area contributed by atoms with Gasteiger partial charge in [-0.3, -0.25) is 9.52 Å². The van der Waals surface area contributed by atoms with Crippen molar-refractivity contribution < 1.29 is 13.2 Å². The lowest BCUT2D eigenvalue weighted by atomic mass is 9.95. The van der Waals surface area contributed by atoms with Crippen molar-refractivity contribution in [2.75, 3.05) is 16.2 Å². The number of carbonyl (C=O) groups excluding carboxylic acids is 1. The summed E-state index contributed by atoms with van der Waals surface area (Å²) in [5.41, 5.74) is 7.25. The summed E-state index contributed by atoms with van der Waals surface area (Å²) in [5, 5.41) is 0. The molecule has 31 heavy (non-hydrogen) atoms. The van der Waals surface area contributed by atoms with Crippen LogP contribution in [0.3, 0.4) is 0 Å². The average molecular weight is 441 g/mol. The first kappa shape index (κ1) is 21.9. The van der Waals surface area contributed by atoms with Gasteiger partial charge in [-0.25, -0.2) is 8.42 Å². The van der Waals surface area contributed by atoms with Gasteiger partial charge in [0.25, 0.3) is 10.0 Å². The van der Waals surface area contributed by atoms with Crippen molar-refractivity contribution in [1.82, 2.24) is 0 Å². The van der Waals surface area contributed by atoms with E-state index in [1.807, 2.05) is 51.7 Å². The van der Waals surface area contributed by atoms with Gasteiger partial charge in [0.05, 0.1) is 4.90 Å². The Labute approximate surface area is 185 Å². The predicted octanol–water partition coefficient (Wildman–Crippen LogP) is 5.11. The third-order valence-electron chi connectivity index (χ3n) is 7.40. The van der Waals surface area contributed by atoms with Crippen molar-refractivity contribution in [2.45, 2.75) is 71.6 Å². The number of amides is 1. The second-order valence-corrected chi connectivity index (χ2v) is 10.7. The minimum atomic E-state index is -3.73. The van der Waals surface area contributed by atoms with Gasteiger partial charge >= 0.3 is 0 Å². The maximum Gasteiger partial charge on any atom is 0.262 e. The van der Waals surface area contributed by atoms with Crippen molar-refractivity contribution in [3.05, 3.63) is 51.6 Å². The smallest absolute Gasteiger partial charge is 0.262 e. The zero-order valence-corrected chi connectivity index (χ0v) is 19.9. The Balaban J connectivity index is 1.62. The summed E-state index contributed by atoms with van der Waals surface area (Å²) in [6.45, 7) is 10.4. The van der Waals surface area contributed by atoms with Crippen LogP contribution in [-0.4, -0.2) is 20.9 Å². The van der Waals surface area contributed by atoms with Crippen LogP contribution in [0.5, 0.6) is 0 Å². The number of nitrogens with one attached hydrogen (secondary N) is 1. The fourth-order valence-corrected chi connectivity index (χ4v) is 6.81. The molecule has 5 nitrogen and oxygen atoms in total. The van der Waals surface area contributed by atoms with Crippen LogP contribution >= 0.6 is 0 Å². The number of benzene rings is 2. The molecule has 0 saturated heterocycles. The summed E-state index contributed by atoms with van der Waals surface area (Å²) in [5.74, 6) is 0.365. The number of carbonyl (C=O) groups is 1. The highest BCUT2D eigenvalue weighted by Crippen LogP contribution is 2.36. The van der Waals surface area contributed by atoms with Gasteiger partial charge in [0.2, 0.25) is 5.91 Å². The minimum absolute atomic E-state index is 0.142. The first-order valence-electron chi connectivity index (χ1n) is 11.2. The number of fused-ring (bicyclic) bond motifs is 1. The van der Waals surface area contributed by atoms with Crippen LogP contribution in [0.15, 0.2) is 23.1 Å². The molecule has 0 unspecified atom stereocenters. The lowest BCUT2D eigenvalue weighted by Gasteiger charge is -2.22. The van der Waals surface area contributed by atoms with Gasteiger partial charge in [-0.05, 0) is 105 Å². The molecule has 0 radical (unpaired) electrons. The van der Waals surface area contributed by atoms with E-state index in [-0.39, 0.29) is 11.8 Å². The maximum absolute atomic E-state index is 13.3. The molecule has 1 aliphatic carbocycles. The standard InChI is InChI=1S/C25H32N2O3S/c1-15-16(2)18(4)24(19(5)17(15)3)31(29,30)26-22-10-11-23-21(14-22)12-13-27(23)25(28)20-8-6-7-9-20/h10-11,14,20,26H,6-9,12-13H2,1-5H3. The fraction of sp³-hybridized carbons (Fsp3) is 0.480. The van der Waals surface area contributed by atoms with Crippen molar-refractivity contribution >= 4 is 27.3 Å². The number of rotatable bonds is 4. The van der Waals surface area contributed by atoms with Crippen molar-refractivity contribution in [3.63, 3.8) is 0 Å². The molecule has 2 aliphatic rings. The van der Waals surface area contributed by atoms with Gasteiger partial charge in [0.1, 0.15) is 0 Å². The largest absolute Gasteiger partial charge is 0.312 e. The highest BCUT2D eigenvalue weighted by Gasteiger charge is 2.32. The average Bonchev–Trinajstić information content (AvgIpc) is 3.39. The Bertz CT molecular complexity index is 1130. The lowest BCUT2D eigenvalue weighted by Crippen LogP contribution is -2.33. The molecule has 166 valence electrons. The number of hydrogen-bond donors (Lipinski definition) is 1. The minimum Gasteiger partial charge on any atom is -0.312 e. The molecular weight excluding hydrogens is 408 g/mol. The van der Waals surface area contributed by atoms with Crippen molar-refractivity contribution in [3.8, 4) is 0 Å². The highest BCUT2D eigenvalue weighted by atomic mass is 32.2. The van der Waals surface area contributed by atoms with Gasteiger partial charge in [-0.15, -0.1) is 0 Å². The van der Waals surface area contributed by atoms with Crippen LogP contribution < -0.4 is 9.62 Å². The molecule has 0 bridgehead atoms. The molecule has 0 atom stereocenters. The van der Waals surface area contributed by atoms with E-state index in [4.69, 9.17) is 0 Å². The van der Waals surface area contributed by atoms with Crippen LogP contribution in [0, 0.1) is 40.5 Å². The first-order valence-corrected chi connectivity index (χ1v) is 12.6. The molecule has 1 saturated carbocycles. The van der Waals surface area contributed by atoms with Gasteiger partial charge < -0.3 is 4.90 Å². The molecular formula is C25H32N2O3S. The summed E-state index contributed by atoms with van der Waals surface area (Å²) in [7, 11) is -3.73. The monoisotopic (exact) mass is 440 g/mol. The Hall–Kier alpha value is -2.34. The van der Waals surface area contributed by atoms with E-state index in [1.54, 1.807) is 6.07 Å². The molecule has 4 rings (SSSR count).